The molecule has 3 rings (SSSR count). The third-order valence-corrected chi connectivity index (χ3v) is 5.86. The third kappa shape index (κ3) is 10.3. The number of pyridine rings is 1. The number of hydrogen-bond acceptors (Lipinski definition) is 7. The van der Waals surface area contributed by atoms with Crippen LogP contribution in [0.3, 0.4) is 0 Å². The molecule has 0 spiro atoms. The predicted octanol–water partition coefficient (Wildman–Crippen LogP) is 5.90. The molecule has 3 aromatic rings. The molecular weight excluding hydrogens is 520 g/mol. The first kappa shape index (κ1) is 30.7. The summed E-state index contributed by atoms with van der Waals surface area (Å²) in [6, 6.07) is 17.4. The van der Waals surface area contributed by atoms with Gasteiger partial charge in [-0.1, -0.05) is 26.5 Å². The number of allylic oxidation sites excluding steroid dienone is 2. The van der Waals surface area contributed by atoms with Crippen LogP contribution in [0.5, 0.6) is 11.5 Å². The first-order chi connectivity index (χ1) is 19.7. The summed E-state index contributed by atoms with van der Waals surface area (Å²) in [6.45, 7) is 11.3. The van der Waals surface area contributed by atoms with Gasteiger partial charge in [0.15, 0.2) is 18.9 Å². The van der Waals surface area contributed by atoms with E-state index < -0.39 is 11.9 Å². The summed E-state index contributed by atoms with van der Waals surface area (Å²) < 4.78 is 23.9. The van der Waals surface area contributed by atoms with E-state index in [4.69, 9.17) is 18.9 Å². The van der Waals surface area contributed by atoms with Gasteiger partial charge in [-0.25, -0.2) is 14.2 Å². The van der Waals surface area contributed by atoms with Gasteiger partial charge >= 0.3 is 11.9 Å². The Hall–Kier alpha value is -4.85. The van der Waals surface area contributed by atoms with Crippen molar-refractivity contribution in [1.82, 2.24) is 0 Å². The van der Waals surface area contributed by atoms with Crippen LogP contribution in [0, 0.1) is 0 Å². The molecule has 1 heterocycles. The SMILES string of the molecule is C=C(/C=C\C(=C)OC(=O)c1ccc(OCC[n+]2ccc(N(C)C)cc2)cc1)OC(=O)c1ccc(OCCCC)cc1. The molecule has 0 bridgehead atoms. The maximum absolute atomic E-state index is 12.5. The summed E-state index contributed by atoms with van der Waals surface area (Å²) in [7, 11) is 4.00. The zero-order chi connectivity index (χ0) is 29.6. The van der Waals surface area contributed by atoms with E-state index in [0.717, 1.165) is 18.5 Å². The van der Waals surface area contributed by atoms with Gasteiger partial charge in [-0.2, -0.15) is 0 Å². The number of aromatic nitrogens is 1. The van der Waals surface area contributed by atoms with Crippen molar-refractivity contribution in [2.75, 3.05) is 32.2 Å². The normalized spacial score (nSPS) is 10.6. The maximum Gasteiger partial charge on any atom is 0.343 e. The van der Waals surface area contributed by atoms with E-state index in [1.165, 1.54) is 12.2 Å². The van der Waals surface area contributed by atoms with Gasteiger partial charge in [-0.3, -0.25) is 0 Å². The van der Waals surface area contributed by atoms with Crippen LogP contribution in [0.1, 0.15) is 40.5 Å². The van der Waals surface area contributed by atoms with Gasteiger partial charge in [-0.05, 0) is 67.1 Å². The van der Waals surface area contributed by atoms with Crippen LogP contribution < -0.4 is 18.9 Å². The molecule has 41 heavy (non-hydrogen) atoms. The van der Waals surface area contributed by atoms with Gasteiger partial charge in [-0.15, -0.1) is 0 Å². The highest BCUT2D eigenvalue weighted by Crippen LogP contribution is 2.16. The molecule has 0 radical (unpaired) electrons. The number of anilines is 1. The number of esters is 2. The van der Waals surface area contributed by atoms with Gasteiger partial charge in [0.05, 0.1) is 17.7 Å². The quantitative estimate of drug-likeness (QED) is 0.0758. The number of nitrogens with zero attached hydrogens (tertiary/aromatic N) is 2. The minimum Gasteiger partial charge on any atom is -0.494 e. The molecule has 0 amide bonds. The Kier molecular flexibility index (Phi) is 11.7. The lowest BCUT2D eigenvalue weighted by Crippen LogP contribution is -2.35. The number of carbonyl (C=O) groups excluding carboxylic acids is 2. The first-order valence-electron chi connectivity index (χ1n) is 13.4. The zero-order valence-electron chi connectivity index (χ0n) is 23.9. The molecule has 1 aromatic heterocycles. The van der Waals surface area contributed by atoms with Crippen LogP contribution in [-0.2, 0) is 16.0 Å². The van der Waals surface area contributed by atoms with Crippen LogP contribution in [-0.4, -0.2) is 39.2 Å². The molecule has 0 N–H and O–H groups in total. The van der Waals surface area contributed by atoms with Gasteiger partial charge < -0.3 is 23.8 Å². The van der Waals surface area contributed by atoms with Crippen molar-refractivity contribution in [2.24, 2.45) is 0 Å². The monoisotopic (exact) mass is 557 g/mol. The fourth-order valence-electron chi connectivity index (χ4n) is 3.48. The molecule has 0 aliphatic carbocycles. The molecule has 0 aliphatic rings. The van der Waals surface area contributed by atoms with Crippen LogP contribution in [0.25, 0.3) is 0 Å². The lowest BCUT2D eigenvalue weighted by atomic mass is 10.2. The number of carbonyl (C=O) groups is 2. The first-order valence-corrected chi connectivity index (χ1v) is 13.4. The highest BCUT2D eigenvalue weighted by Gasteiger charge is 2.11. The third-order valence-electron chi connectivity index (χ3n) is 5.86. The van der Waals surface area contributed by atoms with Crippen LogP contribution in [0.2, 0.25) is 0 Å². The maximum atomic E-state index is 12.5. The summed E-state index contributed by atoms with van der Waals surface area (Å²) in [5, 5.41) is 0. The highest BCUT2D eigenvalue weighted by atomic mass is 16.5. The van der Waals surface area contributed by atoms with E-state index >= 15 is 0 Å². The van der Waals surface area contributed by atoms with Crippen molar-refractivity contribution >= 4 is 17.6 Å². The van der Waals surface area contributed by atoms with E-state index in [0.29, 0.717) is 42.4 Å². The van der Waals surface area contributed by atoms with Gasteiger partial charge in [0.25, 0.3) is 0 Å². The van der Waals surface area contributed by atoms with E-state index in [1.54, 1.807) is 48.5 Å². The van der Waals surface area contributed by atoms with E-state index in [9.17, 15) is 9.59 Å². The largest absolute Gasteiger partial charge is 0.494 e. The standard InChI is InChI=1S/C33H37N2O6/c1-6-7-23-38-30-14-10-27(11-15-30)32(36)40-25(2)8-9-26(3)41-33(37)28-12-16-31(17-13-28)39-24-22-35-20-18-29(19-21-35)34(4)5/h8-21H,2-3,6-7,22-24H2,1,4-5H3/q+1/b9-8-. The molecule has 8 nitrogen and oxygen atoms in total. The summed E-state index contributed by atoms with van der Waals surface area (Å²) in [6.07, 6.45) is 8.81. The van der Waals surface area contributed by atoms with Gasteiger partial charge in [0.2, 0.25) is 0 Å². The number of benzene rings is 2. The molecule has 0 atom stereocenters. The summed E-state index contributed by atoms with van der Waals surface area (Å²) in [4.78, 5) is 26.9. The summed E-state index contributed by atoms with van der Waals surface area (Å²) >= 11 is 0. The Labute approximate surface area is 241 Å². The molecule has 8 heteroatoms. The van der Waals surface area contributed by atoms with Crippen molar-refractivity contribution in [3.63, 3.8) is 0 Å². The minimum absolute atomic E-state index is 0.0680. The fraction of sp³-hybridized carbons (Fsp3) is 0.242. The van der Waals surface area contributed by atoms with Crippen LogP contribution >= 0.6 is 0 Å². The molecule has 0 saturated carbocycles. The molecule has 0 saturated heterocycles. The van der Waals surface area contributed by atoms with Crippen LogP contribution in [0.15, 0.2) is 110 Å². The number of unbranched alkanes of at least 4 members (excludes halogenated alkanes) is 1. The average Bonchev–Trinajstić information content (AvgIpc) is 2.97. The Morgan fingerprint density at radius 2 is 1.22 bits per heavy atom. The van der Waals surface area contributed by atoms with E-state index in [-0.39, 0.29) is 11.5 Å². The second-order valence-electron chi connectivity index (χ2n) is 9.33. The molecule has 214 valence electrons. The number of hydrogen-bond donors (Lipinski definition) is 0. The fourth-order valence-corrected chi connectivity index (χ4v) is 3.48. The van der Waals surface area contributed by atoms with Gasteiger partial charge in [0, 0.05) is 31.9 Å². The Bertz CT molecular complexity index is 1340. The van der Waals surface area contributed by atoms with E-state index in [1.807, 2.05) is 48.1 Å². The average molecular weight is 558 g/mol. The lowest BCUT2D eigenvalue weighted by Gasteiger charge is -2.10. The van der Waals surface area contributed by atoms with E-state index in [2.05, 4.69) is 20.1 Å². The van der Waals surface area contributed by atoms with Crippen LogP contribution in [0.4, 0.5) is 5.69 Å². The topological polar surface area (TPSA) is 78.2 Å². The zero-order valence-corrected chi connectivity index (χ0v) is 23.9. The van der Waals surface area contributed by atoms with Crippen molar-refractivity contribution in [2.45, 2.75) is 26.3 Å². The summed E-state index contributed by atoms with van der Waals surface area (Å²) in [5.41, 5.74) is 1.83. The molecule has 0 unspecified atom stereocenters. The van der Waals surface area contributed by atoms with Crippen molar-refractivity contribution in [3.8, 4) is 11.5 Å². The summed E-state index contributed by atoms with van der Waals surface area (Å²) in [5.74, 6) is 0.330. The minimum atomic E-state index is -0.577. The van der Waals surface area contributed by atoms with Crippen molar-refractivity contribution in [3.05, 3.63) is 121 Å². The van der Waals surface area contributed by atoms with Gasteiger partial charge in [0.1, 0.15) is 29.6 Å². The number of ether oxygens (including phenoxy) is 4. The Balaban J connectivity index is 1.40. The molecule has 0 fully saturated rings. The second-order valence-corrected chi connectivity index (χ2v) is 9.33. The Morgan fingerprint density at radius 3 is 1.66 bits per heavy atom. The van der Waals surface area contributed by atoms with Crippen molar-refractivity contribution in [1.29, 1.82) is 0 Å². The predicted molar refractivity (Wildman–Crippen MR) is 158 cm³/mol. The number of rotatable bonds is 15. The smallest absolute Gasteiger partial charge is 0.343 e. The molecule has 0 aliphatic heterocycles. The Morgan fingerprint density at radius 1 is 0.756 bits per heavy atom. The molecular formula is C33H37N2O6+. The van der Waals surface area contributed by atoms with Crippen molar-refractivity contribution < 1.29 is 33.1 Å². The lowest BCUT2D eigenvalue weighted by molar-refractivity contribution is -0.697. The second kappa shape index (κ2) is 15.7. The highest BCUT2D eigenvalue weighted by molar-refractivity contribution is 5.91. The molecule has 2 aromatic carbocycles.